The second-order valence-corrected chi connectivity index (χ2v) is 2.07. The van der Waals surface area contributed by atoms with Gasteiger partial charge in [0.05, 0.1) is 0 Å². The number of hydrogen-bond acceptors (Lipinski definition) is 3. The third-order valence-corrected chi connectivity index (χ3v) is 1.41. The molecule has 0 aromatic heterocycles. The van der Waals surface area contributed by atoms with Crippen molar-refractivity contribution in [2.75, 3.05) is 0 Å². The van der Waals surface area contributed by atoms with Crippen molar-refractivity contribution < 1.29 is 19.8 Å². The molecule has 0 amide bonds. The lowest BCUT2D eigenvalue weighted by molar-refractivity contribution is -0.155. The van der Waals surface area contributed by atoms with Gasteiger partial charge in [-0.25, -0.2) is 0 Å². The number of aliphatic carboxylic acids is 2. The van der Waals surface area contributed by atoms with Crippen molar-refractivity contribution >= 4 is 18.2 Å². The quantitative estimate of drug-likeness (QED) is 0.538. The molecular formula is C6H5NO4. The molecule has 1 aliphatic rings. The molecule has 58 valence electrons. The summed E-state index contributed by atoms with van der Waals surface area (Å²) in [7, 11) is 0. The van der Waals surface area contributed by atoms with Crippen LogP contribution < -0.4 is 0 Å². The smallest absolute Gasteiger partial charge is 0.330 e. The summed E-state index contributed by atoms with van der Waals surface area (Å²) in [6, 6.07) is 0. The van der Waals surface area contributed by atoms with Crippen LogP contribution in [0.4, 0.5) is 0 Å². The van der Waals surface area contributed by atoms with Crippen LogP contribution in [0.25, 0.3) is 0 Å². The molecule has 1 aliphatic heterocycles. The van der Waals surface area contributed by atoms with Crippen molar-refractivity contribution in [1.29, 1.82) is 0 Å². The van der Waals surface area contributed by atoms with E-state index < -0.39 is 17.4 Å². The number of hydrogen-bond donors (Lipinski definition) is 2. The minimum absolute atomic E-state index is 0.887. The average molecular weight is 155 g/mol. The molecular weight excluding hydrogens is 150 g/mol. The molecule has 0 atom stereocenters. The molecule has 0 spiro atoms. The summed E-state index contributed by atoms with van der Waals surface area (Å²) in [6.45, 7) is 0. The van der Waals surface area contributed by atoms with E-state index in [-0.39, 0.29) is 0 Å². The van der Waals surface area contributed by atoms with Gasteiger partial charge in [0.25, 0.3) is 0 Å². The summed E-state index contributed by atoms with van der Waals surface area (Å²) in [6.07, 6.45) is 3.07. The topological polar surface area (TPSA) is 87.0 Å². The molecule has 2 N–H and O–H groups in total. The number of carboxylic acid groups (broad SMARTS) is 2. The minimum atomic E-state index is -1.94. The second kappa shape index (κ2) is 2.19. The summed E-state index contributed by atoms with van der Waals surface area (Å²) in [5, 5.41) is 17.0. The Balaban J connectivity index is 3.09. The molecule has 0 radical (unpaired) electrons. The molecule has 0 saturated carbocycles. The van der Waals surface area contributed by atoms with E-state index in [4.69, 9.17) is 10.2 Å². The summed E-state index contributed by atoms with van der Waals surface area (Å²) < 4.78 is 0. The molecule has 1 rings (SSSR count). The first-order chi connectivity index (χ1) is 5.09. The van der Waals surface area contributed by atoms with Crippen LogP contribution >= 0.6 is 0 Å². The van der Waals surface area contributed by atoms with Crippen LogP contribution in [0.15, 0.2) is 17.3 Å². The molecule has 0 aliphatic carbocycles. The van der Waals surface area contributed by atoms with E-state index in [0.29, 0.717) is 0 Å². The fourth-order valence-corrected chi connectivity index (χ4v) is 0.709. The predicted octanol–water partition coefficient (Wildman–Crippen LogP) is -0.260. The zero-order valence-electron chi connectivity index (χ0n) is 5.39. The molecule has 0 aromatic rings. The van der Waals surface area contributed by atoms with Gasteiger partial charge in [-0.2, -0.15) is 0 Å². The van der Waals surface area contributed by atoms with Gasteiger partial charge in [0, 0.05) is 12.4 Å². The Morgan fingerprint density at radius 2 is 1.82 bits per heavy atom. The lowest BCUT2D eigenvalue weighted by Crippen LogP contribution is -2.37. The summed E-state index contributed by atoms with van der Waals surface area (Å²) in [4.78, 5) is 24.3. The highest BCUT2D eigenvalue weighted by molar-refractivity contribution is 6.16. The SMILES string of the molecule is O=C(O)C1(C(=O)O)C=CN=C1. The van der Waals surface area contributed by atoms with E-state index in [1.165, 1.54) is 0 Å². The van der Waals surface area contributed by atoms with Gasteiger partial charge in [0.1, 0.15) is 0 Å². The lowest BCUT2D eigenvalue weighted by Gasteiger charge is -2.10. The van der Waals surface area contributed by atoms with Gasteiger partial charge in [-0.1, -0.05) is 0 Å². The Kier molecular flexibility index (Phi) is 1.48. The maximum Gasteiger partial charge on any atom is 0.330 e. The molecule has 5 nitrogen and oxygen atoms in total. The van der Waals surface area contributed by atoms with Crippen LogP contribution in [-0.4, -0.2) is 28.4 Å². The standard InChI is InChI=1S/C6H5NO4/c8-4(9)6(5(10)11)1-2-7-3-6/h1-3H,(H,8,9)(H,10,11). The first kappa shape index (κ1) is 7.46. The van der Waals surface area contributed by atoms with Crippen molar-refractivity contribution in [3.63, 3.8) is 0 Å². The summed E-state index contributed by atoms with van der Waals surface area (Å²) in [5.41, 5.74) is -1.94. The molecule has 0 bridgehead atoms. The Morgan fingerprint density at radius 1 is 1.27 bits per heavy atom. The number of nitrogens with zero attached hydrogens (tertiary/aromatic N) is 1. The maximum atomic E-state index is 10.4. The molecule has 0 aromatic carbocycles. The molecule has 0 fully saturated rings. The third-order valence-electron chi connectivity index (χ3n) is 1.41. The van der Waals surface area contributed by atoms with Crippen molar-refractivity contribution in [3.8, 4) is 0 Å². The maximum absolute atomic E-state index is 10.4. The second-order valence-electron chi connectivity index (χ2n) is 2.07. The molecule has 11 heavy (non-hydrogen) atoms. The van der Waals surface area contributed by atoms with E-state index in [0.717, 1.165) is 18.5 Å². The first-order valence-corrected chi connectivity index (χ1v) is 2.78. The highest BCUT2D eigenvalue weighted by Gasteiger charge is 2.44. The Hall–Kier alpha value is -1.65. The minimum Gasteiger partial charge on any atom is -0.480 e. The zero-order chi connectivity index (χ0) is 8.48. The molecule has 1 heterocycles. The number of carbonyl (C=O) groups is 2. The van der Waals surface area contributed by atoms with Gasteiger partial charge in [-0.3, -0.25) is 14.6 Å². The largest absolute Gasteiger partial charge is 0.480 e. The van der Waals surface area contributed by atoms with E-state index in [1.807, 2.05) is 0 Å². The number of carboxylic acids is 2. The van der Waals surface area contributed by atoms with E-state index >= 15 is 0 Å². The van der Waals surface area contributed by atoms with Gasteiger partial charge in [-0.15, -0.1) is 0 Å². The highest BCUT2D eigenvalue weighted by atomic mass is 16.4. The van der Waals surface area contributed by atoms with Crippen LogP contribution in [-0.2, 0) is 9.59 Å². The number of rotatable bonds is 2. The van der Waals surface area contributed by atoms with Crippen LogP contribution in [0, 0.1) is 5.41 Å². The molecule has 0 unspecified atom stereocenters. The van der Waals surface area contributed by atoms with Crippen molar-refractivity contribution in [2.45, 2.75) is 0 Å². The summed E-state index contributed by atoms with van der Waals surface area (Å²) in [5.74, 6) is -2.86. The van der Waals surface area contributed by atoms with Gasteiger partial charge in [-0.05, 0) is 6.08 Å². The van der Waals surface area contributed by atoms with Crippen molar-refractivity contribution in [3.05, 3.63) is 12.3 Å². The van der Waals surface area contributed by atoms with Crippen LogP contribution in [0.1, 0.15) is 0 Å². The normalized spacial score (nSPS) is 18.5. The lowest BCUT2D eigenvalue weighted by atomic mass is 9.91. The zero-order valence-corrected chi connectivity index (χ0v) is 5.39. The van der Waals surface area contributed by atoms with E-state index in [1.54, 1.807) is 0 Å². The monoisotopic (exact) mass is 155 g/mol. The predicted molar refractivity (Wildman–Crippen MR) is 35.3 cm³/mol. The Morgan fingerprint density at radius 3 is 2.00 bits per heavy atom. The van der Waals surface area contributed by atoms with Gasteiger partial charge >= 0.3 is 11.9 Å². The first-order valence-electron chi connectivity index (χ1n) is 2.78. The Bertz CT molecular complexity index is 238. The van der Waals surface area contributed by atoms with Gasteiger partial charge in [0.15, 0.2) is 0 Å². The number of aliphatic imine (C=N–C) groups is 1. The van der Waals surface area contributed by atoms with Crippen LogP contribution in [0.5, 0.6) is 0 Å². The Labute approximate surface area is 61.7 Å². The van der Waals surface area contributed by atoms with E-state index in [2.05, 4.69) is 4.99 Å². The fourth-order valence-electron chi connectivity index (χ4n) is 0.709. The van der Waals surface area contributed by atoms with Gasteiger partial charge < -0.3 is 10.2 Å². The third kappa shape index (κ3) is 0.899. The van der Waals surface area contributed by atoms with Crippen molar-refractivity contribution in [2.24, 2.45) is 10.4 Å². The van der Waals surface area contributed by atoms with Gasteiger partial charge in [0.2, 0.25) is 5.41 Å². The van der Waals surface area contributed by atoms with Crippen LogP contribution in [0.3, 0.4) is 0 Å². The van der Waals surface area contributed by atoms with Crippen LogP contribution in [0.2, 0.25) is 0 Å². The highest BCUT2D eigenvalue weighted by Crippen LogP contribution is 2.21. The average Bonchev–Trinajstić information content (AvgIpc) is 2.34. The summed E-state index contributed by atoms with van der Waals surface area (Å²) >= 11 is 0. The fraction of sp³-hybridized carbons (Fsp3) is 0.167. The van der Waals surface area contributed by atoms with Crippen molar-refractivity contribution in [1.82, 2.24) is 0 Å². The molecule has 0 saturated heterocycles. The van der Waals surface area contributed by atoms with E-state index in [9.17, 15) is 9.59 Å². The molecule has 5 heteroatoms.